The van der Waals surface area contributed by atoms with E-state index < -0.39 is 0 Å². The fraction of sp³-hybridized carbons (Fsp3) is 0.625. The summed E-state index contributed by atoms with van der Waals surface area (Å²) in [6, 6.07) is 11.8. The third-order valence-corrected chi connectivity index (χ3v) is 4.46. The van der Waals surface area contributed by atoms with Gasteiger partial charge in [-0.3, -0.25) is 4.90 Å². The molecule has 0 aromatic heterocycles. The fourth-order valence-electron chi connectivity index (χ4n) is 3.39. The normalized spacial score (nSPS) is 23.6. The molecule has 0 atom stereocenters. The number of likely N-dealkylation sites (tertiary alicyclic amines) is 2. The van der Waals surface area contributed by atoms with E-state index in [1.165, 1.54) is 57.4 Å². The average Bonchev–Trinajstić information content (AvgIpc) is 2.95. The van der Waals surface area contributed by atoms with Gasteiger partial charge in [-0.25, -0.2) is 0 Å². The maximum absolute atomic E-state index is 2.72. The van der Waals surface area contributed by atoms with Crippen molar-refractivity contribution in [3.8, 4) is 0 Å². The first-order valence-electron chi connectivity index (χ1n) is 7.42. The minimum absolute atomic E-state index is 0.875. The Labute approximate surface area is 111 Å². The molecular weight excluding hydrogens is 220 g/mol. The summed E-state index contributed by atoms with van der Waals surface area (Å²) in [5.41, 5.74) is 1.46. The minimum atomic E-state index is 0.875. The van der Waals surface area contributed by atoms with Gasteiger partial charge in [0.1, 0.15) is 0 Å². The summed E-state index contributed by atoms with van der Waals surface area (Å²) in [5.74, 6) is 0. The zero-order valence-corrected chi connectivity index (χ0v) is 11.2. The molecule has 2 aliphatic heterocycles. The predicted octanol–water partition coefficient (Wildman–Crippen LogP) is 2.75. The number of rotatable bonds is 3. The van der Waals surface area contributed by atoms with Gasteiger partial charge >= 0.3 is 0 Å². The van der Waals surface area contributed by atoms with Crippen molar-refractivity contribution in [2.45, 2.75) is 38.3 Å². The highest BCUT2D eigenvalue weighted by Gasteiger charge is 2.26. The largest absolute Gasteiger partial charge is 0.300 e. The van der Waals surface area contributed by atoms with Gasteiger partial charge in [0.15, 0.2) is 0 Å². The van der Waals surface area contributed by atoms with Crippen molar-refractivity contribution in [1.82, 2.24) is 9.80 Å². The molecule has 98 valence electrons. The molecule has 0 radical (unpaired) electrons. The van der Waals surface area contributed by atoms with Crippen LogP contribution in [0.5, 0.6) is 0 Å². The second-order valence-electron chi connectivity index (χ2n) is 5.74. The van der Waals surface area contributed by atoms with E-state index in [-0.39, 0.29) is 0 Å². The van der Waals surface area contributed by atoms with E-state index in [0.717, 1.165) is 12.6 Å². The summed E-state index contributed by atoms with van der Waals surface area (Å²) in [4.78, 5) is 5.34. The van der Waals surface area contributed by atoms with Crippen molar-refractivity contribution in [2.75, 3.05) is 26.2 Å². The van der Waals surface area contributed by atoms with E-state index >= 15 is 0 Å². The van der Waals surface area contributed by atoms with Gasteiger partial charge in [-0.05, 0) is 57.4 Å². The molecule has 2 fully saturated rings. The SMILES string of the molecule is c1ccc(CN2CCC(N3CCCC3)CC2)cc1. The van der Waals surface area contributed by atoms with E-state index in [4.69, 9.17) is 0 Å². The number of piperidine rings is 1. The van der Waals surface area contributed by atoms with Gasteiger partial charge in [0.25, 0.3) is 0 Å². The molecule has 2 nitrogen and oxygen atoms in total. The molecule has 3 rings (SSSR count). The number of nitrogens with zero attached hydrogens (tertiary/aromatic N) is 2. The van der Waals surface area contributed by atoms with Crippen molar-refractivity contribution in [1.29, 1.82) is 0 Å². The van der Waals surface area contributed by atoms with Gasteiger partial charge in [0, 0.05) is 12.6 Å². The Morgan fingerprint density at radius 1 is 0.889 bits per heavy atom. The molecule has 2 heterocycles. The molecule has 0 aliphatic carbocycles. The molecular formula is C16H24N2. The van der Waals surface area contributed by atoms with E-state index in [0.29, 0.717) is 0 Å². The van der Waals surface area contributed by atoms with Crippen LogP contribution in [0.15, 0.2) is 30.3 Å². The van der Waals surface area contributed by atoms with Gasteiger partial charge in [-0.2, -0.15) is 0 Å². The first-order chi connectivity index (χ1) is 8.92. The molecule has 2 saturated heterocycles. The maximum atomic E-state index is 2.72. The second kappa shape index (κ2) is 5.85. The van der Waals surface area contributed by atoms with Gasteiger partial charge in [0.2, 0.25) is 0 Å². The summed E-state index contributed by atoms with van der Waals surface area (Å²) < 4.78 is 0. The molecule has 2 heteroatoms. The Balaban J connectivity index is 1.48. The monoisotopic (exact) mass is 244 g/mol. The molecule has 0 N–H and O–H groups in total. The maximum Gasteiger partial charge on any atom is 0.0233 e. The van der Waals surface area contributed by atoms with Crippen LogP contribution < -0.4 is 0 Å². The Hall–Kier alpha value is -0.860. The average molecular weight is 244 g/mol. The molecule has 0 bridgehead atoms. The molecule has 0 amide bonds. The van der Waals surface area contributed by atoms with Crippen molar-refractivity contribution in [3.05, 3.63) is 35.9 Å². The summed E-state index contributed by atoms with van der Waals surface area (Å²) in [6.45, 7) is 6.38. The minimum Gasteiger partial charge on any atom is -0.300 e. The molecule has 18 heavy (non-hydrogen) atoms. The lowest BCUT2D eigenvalue weighted by atomic mass is 10.0. The standard InChI is InChI=1S/C16H24N2/c1-2-6-15(7-3-1)14-17-12-8-16(9-13-17)18-10-4-5-11-18/h1-3,6-7,16H,4-5,8-14H2. The highest BCUT2D eigenvalue weighted by molar-refractivity contribution is 5.14. The van der Waals surface area contributed by atoms with Crippen LogP contribution in [0.1, 0.15) is 31.2 Å². The van der Waals surface area contributed by atoms with Crippen LogP contribution in [0, 0.1) is 0 Å². The third kappa shape index (κ3) is 2.93. The summed E-state index contributed by atoms with van der Waals surface area (Å²) >= 11 is 0. The molecule has 0 unspecified atom stereocenters. The number of benzene rings is 1. The van der Waals surface area contributed by atoms with Crippen LogP contribution in [-0.4, -0.2) is 42.0 Å². The van der Waals surface area contributed by atoms with E-state index in [1.54, 1.807) is 0 Å². The lowest BCUT2D eigenvalue weighted by Gasteiger charge is -2.36. The summed E-state index contributed by atoms with van der Waals surface area (Å²) in [7, 11) is 0. The predicted molar refractivity (Wildman–Crippen MR) is 75.5 cm³/mol. The Morgan fingerprint density at radius 3 is 2.22 bits per heavy atom. The van der Waals surface area contributed by atoms with Crippen molar-refractivity contribution in [3.63, 3.8) is 0 Å². The molecule has 1 aromatic rings. The van der Waals surface area contributed by atoms with Crippen LogP contribution in [0.3, 0.4) is 0 Å². The quantitative estimate of drug-likeness (QED) is 0.806. The van der Waals surface area contributed by atoms with E-state index in [9.17, 15) is 0 Å². The third-order valence-electron chi connectivity index (χ3n) is 4.46. The van der Waals surface area contributed by atoms with Crippen LogP contribution in [-0.2, 0) is 6.54 Å². The van der Waals surface area contributed by atoms with Crippen molar-refractivity contribution in [2.24, 2.45) is 0 Å². The molecule has 2 aliphatic rings. The Bertz CT molecular complexity index is 349. The van der Waals surface area contributed by atoms with Crippen LogP contribution in [0.2, 0.25) is 0 Å². The van der Waals surface area contributed by atoms with Crippen molar-refractivity contribution < 1.29 is 0 Å². The number of hydrogen-bond donors (Lipinski definition) is 0. The first-order valence-corrected chi connectivity index (χ1v) is 7.42. The van der Waals surface area contributed by atoms with Crippen LogP contribution >= 0.6 is 0 Å². The second-order valence-corrected chi connectivity index (χ2v) is 5.74. The van der Waals surface area contributed by atoms with Crippen LogP contribution in [0.25, 0.3) is 0 Å². The Kier molecular flexibility index (Phi) is 3.96. The smallest absolute Gasteiger partial charge is 0.0233 e. The lowest BCUT2D eigenvalue weighted by Crippen LogP contribution is -2.43. The van der Waals surface area contributed by atoms with Crippen LogP contribution in [0.4, 0.5) is 0 Å². The highest BCUT2D eigenvalue weighted by Crippen LogP contribution is 2.21. The van der Waals surface area contributed by atoms with E-state index in [2.05, 4.69) is 40.1 Å². The number of hydrogen-bond acceptors (Lipinski definition) is 2. The summed E-state index contributed by atoms with van der Waals surface area (Å²) in [5, 5.41) is 0. The molecule has 0 saturated carbocycles. The first kappa shape index (κ1) is 12.2. The lowest BCUT2D eigenvalue weighted by molar-refractivity contribution is 0.122. The Morgan fingerprint density at radius 2 is 1.56 bits per heavy atom. The fourth-order valence-corrected chi connectivity index (χ4v) is 3.39. The van der Waals surface area contributed by atoms with E-state index in [1.807, 2.05) is 0 Å². The topological polar surface area (TPSA) is 6.48 Å². The molecule has 1 aromatic carbocycles. The zero-order chi connectivity index (χ0) is 12.2. The highest BCUT2D eigenvalue weighted by atomic mass is 15.2. The van der Waals surface area contributed by atoms with Gasteiger partial charge in [0.05, 0.1) is 0 Å². The van der Waals surface area contributed by atoms with Gasteiger partial charge in [-0.1, -0.05) is 30.3 Å². The van der Waals surface area contributed by atoms with Gasteiger partial charge < -0.3 is 4.90 Å². The molecule has 0 spiro atoms. The van der Waals surface area contributed by atoms with Gasteiger partial charge in [-0.15, -0.1) is 0 Å². The summed E-state index contributed by atoms with van der Waals surface area (Å²) in [6.07, 6.45) is 5.58. The van der Waals surface area contributed by atoms with Crippen molar-refractivity contribution >= 4 is 0 Å². The zero-order valence-electron chi connectivity index (χ0n) is 11.2.